The predicted octanol–water partition coefficient (Wildman–Crippen LogP) is 1.77. The van der Waals surface area contributed by atoms with E-state index in [1.165, 1.54) is 12.8 Å². The van der Waals surface area contributed by atoms with Gasteiger partial charge in [-0.3, -0.25) is 5.32 Å². The van der Waals surface area contributed by atoms with Gasteiger partial charge in [-0.1, -0.05) is 27.2 Å². The zero-order chi connectivity index (χ0) is 11.4. The Morgan fingerprint density at radius 2 is 1.57 bits per heavy atom. The van der Waals surface area contributed by atoms with Crippen LogP contribution in [0.5, 0.6) is 0 Å². The third kappa shape index (κ3) is 6.35. The first-order valence-electron chi connectivity index (χ1n) is 5.47. The minimum absolute atomic E-state index is 0.0284. The fourth-order valence-corrected chi connectivity index (χ4v) is 1.35. The molecular weight excluding hydrogens is 174 g/mol. The zero-order valence-electron chi connectivity index (χ0n) is 10.4. The summed E-state index contributed by atoms with van der Waals surface area (Å²) in [6.45, 7) is 11.1. The first-order chi connectivity index (χ1) is 6.18. The van der Waals surface area contributed by atoms with Gasteiger partial charge in [0, 0.05) is 5.54 Å². The highest BCUT2D eigenvalue weighted by molar-refractivity contribution is 4.81. The lowest BCUT2D eigenvalue weighted by Gasteiger charge is -2.32. The van der Waals surface area contributed by atoms with Crippen molar-refractivity contribution in [2.75, 3.05) is 0 Å². The van der Waals surface area contributed by atoms with Crippen molar-refractivity contribution in [3.63, 3.8) is 0 Å². The molecule has 0 radical (unpaired) electrons. The molecule has 5 N–H and O–H groups in total. The van der Waals surface area contributed by atoms with Gasteiger partial charge in [0.1, 0.15) is 6.29 Å². The summed E-state index contributed by atoms with van der Waals surface area (Å²) in [5.74, 6) is 0. The van der Waals surface area contributed by atoms with E-state index in [1.54, 1.807) is 0 Å². The smallest absolute Gasteiger partial charge is 0.107 e. The normalized spacial score (nSPS) is 13.7. The molecule has 14 heavy (non-hydrogen) atoms. The minimum Gasteiger partial charge on any atom is -0.304 e. The first kappa shape index (κ1) is 13.9. The number of nitrogens with one attached hydrogen (secondary N) is 1. The summed E-state index contributed by atoms with van der Waals surface area (Å²) in [7, 11) is 0. The Bertz CT molecular complexity index is 162. The second kappa shape index (κ2) is 5.10. The predicted molar refractivity (Wildman–Crippen MR) is 62.7 cm³/mol. The third-order valence-corrected chi connectivity index (χ3v) is 2.94. The SMILES string of the molecule is CCC(C)(C)CCC(C)(C)NC(N)N. The highest BCUT2D eigenvalue weighted by Gasteiger charge is 2.23. The van der Waals surface area contributed by atoms with Crippen LogP contribution in [0.4, 0.5) is 0 Å². The van der Waals surface area contributed by atoms with Crippen molar-refractivity contribution in [3.8, 4) is 0 Å². The number of hydrogen-bond donors (Lipinski definition) is 3. The fourth-order valence-electron chi connectivity index (χ4n) is 1.35. The molecule has 86 valence electrons. The molecule has 0 aromatic carbocycles. The van der Waals surface area contributed by atoms with Gasteiger partial charge in [0.15, 0.2) is 0 Å². The molecule has 0 spiro atoms. The summed E-state index contributed by atoms with van der Waals surface area (Å²) in [6.07, 6.45) is 3.07. The standard InChI is InChI=1S/C11H27N3/c1-6-10(2,3)7-8-11(4,5)14-9(12)13/h9,14H,6-8,12-13H2,1-5H3. The van der Waals surface area contributed by atoms with E-state index < -0.39 is 6.29 Å². The highest BCUT2D eigenvalue weighted by Crippen LogP contribution is 2.29. The average molecular weight is 201 g/mol. The van der Waals surface area contributed by atoms with Gasteiger partial charge in [-0.05, 0) is 32.1 Å². The molecule has 0 amide bonds. The third-order valence-electron chi connectivity index (χ3n) is 2.94. The van der Waals surface area contributed by atoms with Crippen LogP contribution in [0.3, 0.4) is 0 Å². The van der Waals surface area contributed by atoms with Gasteiger partial charge < -0.3 is 11.5 Å². The van der Waals surface area contributed by atoms with Crippen LogP contribution < -0.4 is 16.8 Å². The van der Waals surface area contributed by atoms with Crippen molar-refractivity contribution in [2.24, 2.45) is 16.9 Å². The lowest BCUT2D eigenvalue weighted by atomic mass is 9.81. The molecule has 3 nitrogen and oxygen atoms in total. The van der Waals surface area contributed by atoms with Gasteiger partial charge in [-0.2, -0.15) is 0 Å². The topological polar surface area (TPSA) is 64.1 Å². The molecule has 0 fully saturated rings. The van der Waals surface area contributed by atoms with Gasteiger partial charge >= 0.3 is 0 Å². The van der Waals surface area contributed by atoms with Crippen LogP contribution in [0.25, 0.3) is 0 Å². The van der Waals surface area contributed by atoms with E-state index in [-0.39, 0.29) is 5.54 Å². The van der Waals surface area contributed by atoms with Crippen LogP contribution in [-0.2, 0) is 0 Å². The summed E-state index contributed by atoms with van der Waals surface area (Å²) in [6, 6.07) is 0. The van der Waals surface area contributed by atoms with Crippen molar-refractivity contribution >= 4 is 0 Å². The van der Waals surface area contributed by atoms with Crippen LogP contribution >= 0.6 is 0 Å². The van der Waals surface area contributed by atoms with Crippen LogP contribution in [0, 0.1) is 5.41 Å². The van der Waals surface area contributed by atoms with Crippen molar-refractivity contribution in [1.29, 1.82) is 0 Å². The monoisotopic (exact) mass is 201 g/mol. The van der Waals surface area contributed by atoms with Crippen molar-refractivity contribution in [3.05, 3.63) is 0 Å². The lowest BCUT2D eigenvalue weighted by Crippen LogP contribution is -2.55. The molecule has 3 heteroatoms. The van der Waals surface area contributed by atoms with Crippen molar-refractivity contribution in [2.45, 2.75) is 65.7 Å². The van der Waals surface area contributed by atoms with E-state index in [0.717, 1.165) is 6.42 Å². The molecule has 0 aliphatic rings. The van der Waals surface area contributed by atoms with Gasteiger partial charge in [0.05, 0.1) is 0 Å². The largest absolute Gasteiger partial charge is 0.304 e. The second-order valence-corrected chi connectivity index (χ2v) is 5.57. The number of rotatable bonds is 6. The van der Waals surface area contributed by atoms with E-state index in [4.69, 9.17) is 11.5 Å². The molecule has 0 saturated carbocycles. The molecule has 0 rings (SSSR count). The Hall–Kier alpha value is -0.120. The summed E-state index contributed by atoms with van der Waals surface area (Å²) in [5, 5.41) is 3.17. The molecule has 0 heterocycles. The number of hydrogen-bond acceptors (Lipinski definition) is 3. The van der Waals surface area contributed by atoms with Gasteiger partial charge in [0.2, 0.25) is 0 Å². The van der Waals surface area contributed by atoms with Crippen molar-refractivity contribution in [1.82, 2.24) is 5.32 Å². The van der Waals surface area contributed by atoms with Crippen LogP contribution in [0.2, 0.25) is 0 Å². The molecule has 0 aromatic heterocycles. The summed E-state index contributed by atoms with van der Waals surface area (Å²) in [5.41, 5.74) is 11.5. The lowest BCUT2D eigenvalue weighted by molar-refractivity contribution is 0.240. The molecule has 0 aliphatic heterocycles. The van der Waals surface area contributed by atoms with Crippen LogP contribution in [0.1, 0.15) is 53.9 Å². The quantitative estimate of drug-likeness (QED) is 0.574. The Balaban J connectivity index is 3.98. The Morgan fingerprint density at radius 1 is 1.07 bits per heavy atom. The molecule has 0 unspecified atom stereocenters. The number of nitrogens with two attached hydrogens (primary N) is 2. The van der Waals surface area contributed by atoms with Crippen LogP contribution in [-0.4, -0.2) is 11.8 Å². The first-order valence-corrected chi connectivity index (χ1v) is 5.47. The van der Waals surface area contributed by atoms with E-state index in [0.29, 0.717) is 5.41 Å². The minimum atomic E-state index is -0.422. The maximum atomic E-state index is 5.52. The second-order valence-electron chi connectivity index (χ2n) is 5.57. The average Bonchev–Trinajstić information content (AvgIpc) is 1.99. The molecule has 0 aliphatic carbocycles. The fraction of sp³-hybridized carbons (Fsp3) is 1.00. The Kier molecular flexibility index (Phi) is 5.06. The molecule has 0 aromatic rings. The van der Waals surface area contributed by atoms with E-state index in [2.05, 4.69) is 39.9 Å². The maximum Gasteiger partial charge on any atom is 0.107 e. The molecule has 0 atom stereocenters. The molecule has 0 saturated heterocycles. The van der Waals surface area contributed by atoms with E-state index in [9.17, 15) is 0 Å². The van der Waals surface area contributed by atoms with Crippen LogP contribution in [0.15, 0.2) is 0 Å². The maximum absolute atomic E-state index is 5.52. The summed E-state index contributed by atoms with van der Waals surface area (Å²) in [4.78, 5) is 0. The summed E-state index contributed by atoms with van der Waals surface area (Å²) >= 11 is 0. The molecule has 0 bridgehead atoms. The van der Waals surface area contributed by atoms with E-state index >= 15 is 0 Å². The van der Waals surface area contributed by atoms with Gasteiger partial charge in [-0.15, -0.1) is 0 Å². The summed E-state index contributed by atoms with van der Waals surface area (Å²) < 4.78 is 0. The van der Waals surface area contributed by atoms with Crippen molar-refractivity contribution < 1.29 is 0 Å². The zero-order valence-corrected chi connectivity index (χ0v) is 10.4. The Labute approximate surface area is 88.6 Å². The van der Waals surface area contributed by atoms with Gasteiger partial charge in [0.25, 0.3) is 0 Å². The highest BCUT2D eigenvalue weighted by atomic mass is 15.2. The molecular formula is C11H27N3. The van der Waals surface area contributed by atoms with Gasteiger partial charge in [-0.25, -0.2) is 0 Å². The Morgan fingerprint density at radius 3 is 1.93 bits per heavy atom. The van der Waals surface area contributed by atoms with E-state index in [1.807, 2.05) is 0 Å².